The molecule has 10 heteroatoms. The fourth-order valence-corrected chi connectivity index (χ4v) is 5.59. The minimum Gasteiger partial charge on any atom is -0.414 e. The minimum absolute atomic E-state index is 0.0398. The van der Waals surface area contributed by atoms with Gasteiger partial charge in [0.2, 0.25) is 10.0 Å². The van der Waals surface area contributed by atoms with Crippen LogP contribution in [0, 0.1) is 5.82 Å². The Bertz CT molecular complexity index is 1460. The molecule has 0 saturated carbocycles. The molecule has 0 bridgehead atoms. The number of fused-ring (bicyclic) bond motifs is 1. The van der Waals surface area contributed by atoms with Gasteiger partial charge in [0.15, 0.2) is 5.69 Å². The van der Waals surface area contributed by atoms with Crippen molar-refractivity contribution in [3.63, 3.8) is 0 Å². The van der Waals surface area contributed by atoms with Gasteiger partial charge in [-0.05, 0) is 35.7 Å². The van der Waals surface area contributed by atoms with Gasteiger partial charge < -0.3 is 4.42 Å². The maximum absolute atomic E-state index is 14.2. The lowest BCUT2D eigenvalue weighted by atomic mass is 10.0. The van der Waals surface area contributed by atoms with Crippen molar-refractivity contribution in [1.29, 1.82) is 0 Å². The summed E-state index contributed by atoms with van der Waals surface area (Å²) in [4.78, 5) is 0.255. The molecule has 0 unspecified atom stereocenters. The molecule has 176 valence electrons. The highest BCUT2D eigenvalue weighted by atomic mass is 32.2. The van der Waals surface area contributed by atoms with Crippen LogP contribution in [0.15, 0.2) is 57.8 Å². The van der Waals surface area contributed by atoms with Crippen LogP contribution in [0.3, 0.4) is 0 Å². The van der Waals surface area contributed by atoms with E-state index in [1.54, 1.807) is 42.1 Å². The lowest BCUT2D eigenvalue weighted by molar-refractivity contribution is 0.386. The molecule has 0 radical (unpaired) electrons. The van der Waals surface area contributed by atoms with E-state index in [0.717, 1.165) is 11.3 Å². The van der Waals surface area contributed by atoms with Gasteiger partial charge in [-0.15, -0.1) is 10.2 Å². The molecule has 2 aromatic heterocycles. The van der Waals surface area contributed by atoms with Crippen molar-refractivity contribution in [3.8, 4) is 23.0 Å². The number of benzene rings is 2. The molecule has 0 saturated heterocycles. The highest BCUT2D eigenvalue weighted by Gasteiger charge is 2.33. The summed E-state index contributed by atoms with van der Waals surface area (Å²) in [5, 5.41) is 12.6. The van der Waals surface area contributed by atoms with Crippen molar-refractivity contribution in [2.24, 2.45) is 7.05 Å². The summed E-state index contributed by atoms with van der Waals surface area (Å²) in [5.74, 6) is 0.00563. The third-order valence-corrected chi connectivity index (χ3v) is 7.98. The zero-order valence-electron chi connectivity index (χ0n) is 19.1. The second kappa shape index (κ2) is 8.44. The molecule has 0 spiro atoms. The van der Waals surface area contributed by atoms with E-state index in [2.05, 4.69) is 29.1 Å². The molecule has 8 nitrogen and oxygen atoms in total. The van der Waals surface area contributed by atoms with Crippen LogP contribution in [0.1, 0.15) is 36.6 Å². The molecule has 3 heterocycles. The van der Waals surface area contributed by atoms with Gasteiger partial charge in [0.1, 0.15) is 5.82 Å². The lowest BCUT2D eigenvalue weighted by Gasteiger charge is -2.27. The maximum atomic E-state index is 14.2. The smallest absolute Gasteiger partial charge is 0.268 e. The second-order valence-electron chi connectivity index (χ2n) is 8.60. The molecule has 4 aromatic rings. The van der Waals surface area contributed by atoms with Crippen molar-refractivity contribution in [2.75, 3.05) is 6.54 Å². The second-order valence-corrected chi connectivity index (χ2v) is 10.5. The molecule has 0 amide bonds. The fourth-order valence-electron chi connectivity index (χ4n) is 4.18. The van der Waals surface area contributed by atoms with Gasteiger partial charge in [-0.2, -0.15) is 9.40 Å². The average Bonchev–Trinajstić information content (AvgIpc) is 3.44. The van der Waals surface area contributed by atoms with Crippen LogP contribution in [-0.4, -0.2) is 39.2 Å². The first kappa shape index (κ1) is 22.4. The number of sulfonamides is 1. The Morgan fingerprint density at radius 2 is 1.74 bits per heavy atom. The molecule has 1 aliphatic rings. The fraction of sp³-hybridized carbons (Fsp3) is 0.292. The normalized spacial score (nSPS) is 14.5. The SMILES string of the molecule is CC(C)c1ccc(S(=O)(=O)N2CCc3c(c(-c4nnc(-c5ccccc5F)o4)nn3C)C2)cc1. The Kier molecular flexibility index (Phi) is 5.57. The molecule has 1 aliphatic heterocycles. The number of nitrogens with zero attached hydrogens (tertiary/aromatic N) is 5. The molecule has 2 aromatic carbocycles. The van der Waals surface area contributed by atoms with E-state index in [1.807, 2.05) is 12.1 Å². The van der Waals surface area contributed by atoms with Gasteiger partial charge in [-0.1, -0.05) is 38.1 Å². The number of rotatable bonds is 5. The Morgan fingerprint density at radius 3 is 2.44 bits per heavy atom. The highest BCUT2D eigenvalue weighted by Crippen LogP contribution is 2.33. The molecule has 0 fully saturated rings. The summed E-state index contributed by atoms with van der Waals surface area (Å²) in [7, 11) is -1.90. The van der Waals surface area contributed by atoms with Crippen molar-refractivity contribution in [1.82, 2.24) is 24.3 Å². The predicted octanol–water partition coefficient (Wildman–Crippen LogP) is 4.15. The Balaban J connectivity index is 1.47. The van der Waals surface area contributed by atoms with E-state index >= 15 is 0 Å². The summed E-state index contributed by atoms with van der Waals surface area (Å²) in [6.07, 6.45) is 0.496. The van der Waals surface area contributed by atoms with Crippen molar-refractivity contribution in [3.05, 3.63) is 71.2 Å². The van der Waals surface area contributed by atoms with Gasteiger partial charge in [-0.25, -0.2) is 12.8 Å². The number of halogens is 1. The van der Waals surface area contributed by atoms with Gasteiger partial charge in [-0.3, -0.25) is 4.68 Å². The van der Waals surface area contributed by atoms with Crippen LogP contribution in [0.2, 0.25) is 0 Å². The van der Waals surface area contributed by atoms with E-state index in [1.165, 1.54) is 10.4 Å². The van der Waals surface area contributed by atoms with Gasteiger partial charge in [0.05, 0.1) is 10.5 Å². The third-order valence-electron chi connectivity index (χ3n) is 6.12. The van der Waals surface area contributed by atoms with E-state index in [0.29, 0.717) is 30.1 Å². The largest absolute Gasteiger partial charge is 0.414 e. The van der Waals surface area contributed by atoms with Crippen LogP contribution in [0.5, 0.6) is 0 Å². The monoisotopic (exact) mass is 481 g/mol. The molecule has 5 rings (SSSR count). The zero-order chi connectivity index (χ0) is 24.0. The maximum Gasteiger partial charge on any atom is 0.268 e. The number of hydrogen-bond acceptors (Lipinski definition) is 6. The first-order valence-electron chi connectivity index (χ1n) is 11.0. The summed E-state index contributed by atoms with van der Waals surface area (Å²) in [6.45, 7) is 4.60. The summed E-state index contributed by atoms with van der Waals surface area (Å²) in [6, 6.07) is 13.2. The molecule has 0 N–H and O–H groups in total. The van der Waals surface area contributed by atoms with Crippen molar-refractivity contribution >= 4 is 10.0 Å². The van der Waals surface area contributed by atoms with Crippen LogP contribution in [0.25, 0.3) is 23.0 Å². The van der Waals surface area contributed by atoms with Crippen LogP contribution in [0.4, 0.5) is 4.39 Å². The Morgan fingerprint density at radius 1 is 1.03 bits per heavy atom. The van der Waals surface area contributed by atoms with Gasteiger partial charge >= 0.3 is 0 Å². The Labute approximate surface area is 197 Å². The molecule has 0 atom stereocenters. The zero-order valence-corrected chi connectivity index (χ0v) is 19.9. The van der Waals surface area contributed by atoms with Crippen LogP contribution in [-0.2, 0) is 30.0 Å². The van der Waals surface area contributed by atoms with Gasteiger partial charge in [0, 0.05) is 37.8 Å². The highest BCUT2D eigenvalue weighted by molar-refractivity contribution is 7.89. The molecular formula is C24H24FN5O3S. The van der Waals surface area contributed by atoms with Crippen molar-refractivity contribution in [2.45, 2.75) is 37.6 Å². The van der Waals surface area contributed by atoms with Crippen LogP contribution >= 0.6 is 0 Å². The number of aryl methyl sites for hydroxylation is 1. The summed E-state index contributed by atoms with van der Waals surface area (Å²) < 4.78 is 49.8. The first-order valence-corrected chi connectivity index (χ1v) is 12.4. The first-order chi connectivity index (χ1) is 16.3. The average molecular weight is 482 g/mol. The van der Waals surface area contributed by atoms with Gasteiger partial charge in [0.25, 0.3) is 11.8 Å². The van der Waals surface area contributed by atoms with E-state index in [4.69, 9.17) is 4.42 Å². The molecule has 34 heavy (non-hydrogen) atoms. The number of aromatic nitrogens is 4. The lowest BCUT2D eigenvalue weighted by Crippen LogP contribution is -2.36. The molecular weight excluding hydrogens is 457 g/mol. The van der Waals surface area contributed by atoms with Crippen LogP contribution < -0.4 is 0 Å². The Hall–Kier alpha value is -3.37. The minimum atomic E-state index is -3.70. The standard InChI is InChI=1S/C24H24FN5O3S/c1-15(2)16-8-10-17(11-9-16)34(31,32)30-13-12-21-19(14-30)22(28-29(21)3)24-27-26-23(33-24)18-6-4-5-7-20(18)25/h4-11,15H,12-14H2,1-3H3. The quantitative estimate of drug-likeness (QED) is 0.425. The molecule has 0 aliphatic carbocycles. The van der Waals surface area contributed by atoms with E-state index in [-0.39, 0.29) is 28.8 Å². The van der Waals surface area contributed by atoms with E-state index < -0.39 is 15.8 Å². The number of hydrogen-bond donors (Lipinski definition) is 0. The van der Waals surface area contributed by atoms with Crippen molar-refractivity contribution < 1.29 is 17.2 Å². The third kappa shape index (κ3) is 3.82. The van der Waals surface area contributed by atoms with E-state index in [9.17, 15) is 12.8 Å². The predicted molar refractivity (Wildman–Crippen MR) is 124 cm³/mol. The summed E-state index contributed by atoms with van der Waals surface area (Å²) >= 11 is 0. The topological polar surface area (TPSA) is 94.1 Å². The summed E-state index contributed by atoms with van der Waals surface area (Å²) in [5.41, 5.74) is 3.29.